The summed E-state index contributed by atoms with van der Waals surface area (Å²) in [5.74, 6) is 0. The Morgan fingerprint density at radius 3 is 2.83 bits per heavy atom. The Labute approximate surface area is 110 Å². The van der Waals surface area contributed by atoms with E-state index in [-0.39, 0.29) is 5.60 Å². The van der Waals surface area contributed by atoms with Gasteiger partial charge in [-0.2, -0.15) is 5.10 Å². The van der Waals surface area contributed by atoms with Crippen molar-refractivity contribution in [3.05, 3.63) is 18.0 Å². The van der Waals surface area contributed by atoms with Crippen molar-refractivity contribution in [2.24, 2.45) is 5.73 Å². The third kappa shape index (κ3) is 2.93. The predicted molar refractivity (Wildman–Crippen MR) is 72.3 cm³/mol. The smallest absolute Gasteiger partial charge is 0.0914 e. The van der Waals surface area contributed by atoms with Crippen LogP contribution in [0.5, 0.6) is 0 Å². The van der Waals surface area contributed by atoms with Crippen LogP contribution in [0, 0.1) is 0 Å². The minimum absolute atomic E-state index is 0.0832. The first kappa shape index (κ1) is 13.6. The second-order valence-corrected chi connectivity index (χ2v) is 5.43. The van der Waals surface area contributed by atoms with Crippen LogP contribution in [-0.4, -0.2) is 21.9 Å². The summed E-state index contributed by atoms with van der Waals surface area (Å²) >= 11 is 0. The van der Waals surface area contributed by atoms with Crippen molar-refractivity contribution in [3.63, 3.8) is 0 Å². The number of aromatic nitrogens is 2. The molecule has 0 spiro atoms. The molecule has 1 atom stereocenters. The molecule has 4 heteroatoms. The molecule has 0 radical (unpaired) electrons. The van der Waals surface area contributed by atoms with Gasteiger partial charge in [0.1, 0.15) is 0 Å². The number of nitrogens with two attached hydrogens (primary N) is 1. The standard InChI is InChI=1S/C14H25N3O/c1-3-12(2)17-9-6-13(16-17)10-18-14(11-15)7-4-5-8-14/h6,9,12H,3-5,7-8,10-11,15H2,1-2H3. The van der Waals surface area contributed by atoms with Gasteiger partial charge < -0.3 is 10.5 Å². The van der Waals surface area contributed by atoms with Crippen LogP contribution in [0.2, 0.25) is 0 Å². The first-order chi connectivity index (χ1) is 8.69. The lowest BCUT2D eigenvalue weighted by Gasteiger charge is -2.27. The van der Waals surface area contributed by atoms with Gasteiger partial charge in [-0.3, -0.25) is 4.68 Å². The SMILES string of the molecule is CCC(C)n1ccc(COC2(CN)CCCC2)n1. The first-order valence-corrected chi connectivity index (χ1v) is 7.07. The van der Waals surface area contributed by atoms with Gasteiger partial charge in [0, 0.05) is 18.8 Å². The predicted octanol–water partition coefficient (Wildman–Crippen LogP) is 2.64. The summed E-state index contributed by atoms with van der Waals surface area (Å²) < 4.78 is 8.07. The Kier molecular flexibility index (Phi) is 4.40. The largest absolute Gasteiger partial charge is 0.367 e. The summed E-state index contributed by atoms with van der Waals surface area (Å²) in [5.41, 5.74) is 6.78. The third-order valence-electron chi connectivity index (χ3n) is 4.12. The van der Waals surface area contributed by atoms with Crippen LogP contribution < -0.4 is 5.73 Å². The summed E-state index contributed by atoms with van der Waals surface area (Å²) in [6.45, 7) is 5.56. The van der Waals surface area contributed by atoms with E-state index in [1.54, 1.807) is 0 Å². The molecule has 1 saturated carbocycles. The monoisotopic (exact) mass is 251 g/mol. The highest BCUT2D eigenvalue weighted by Crippen LogP contribution is 2.32. The normalized spacial score (nSPS) is 20.2. The fraction of sp³-hybridized carbons (Fsp3) is 0.786. The second-order valence-electron chi connectivity index (χ2n) is 5.43. The summed E-state index contributed by atoms with van der Waals surface area (Å²) in [7, 11) is 0. The van der Waals surface area contributed by atoms with Crippen LogP contribution >= 0.6 is 0 Å². The van der Waals surface area contributed by atoms with Gasteiger partial charge in [0.15, 0.2) is 0 Å². The van der Waals surface area contributed by atoms with Crippen molar-refractivity contribution in [1.29, 1.82) is 0 Å². The quantitative estimate of drug-likeness (QED) is 0.845. The highest BCUT2D eigenvalue weighted by Gasteiger charge is 2.33. The van der Waals surface area contributed by atoms with Gasteiger partial charge in [0.25, 0.3) is 0 Å². The lowest BCUT2D eigenvalue weighted by molar-refractivity contribution is -0.0463. The fourth-order valence-corrected chi connectivity index (χ4v) is 2.54. The summed E-state index contributed by atoms with van der Waals surface area (Å²) in [4.78, 5) is 0. The van der Waals surface area contributed by atoms with E-state index < -0.39 is 0 Å². The zero-order chi connectivity index (χ0) is 13.0. The number of nitrogens with zero attached hydrogens (tertiary/aromatic N) is 2. The first-order valence-electron chi connectivity index (χ1n) is 7.07. The molecule has 4 nitrogen and oxygen atoms in total. The van der Waals surface area contributed by atoms with Crippen molar-refractivity contribution >= 4 is 0 Å². The second kappa shape index (κ2) is 5.85. The molecule has 0 amide bonds. The molecule has 1 aliphatic rings. The van der Waals surface area contributed by atoms with Crippen molar-refractivity contribution in [2.75, 3.05) is 6.54 Å². The van der Waals surface area contributed by atoms with Crippen molar-refractivity contribution in [2.45, 2.75) is 64.2 Å². The Morgan fingerprint density at radius 1 is 1.50 bits per heavy atom. The van der Waals surface area contributed by atoms with E-state index in [1.807, 2.05) is 16.9 Å². The zero-order valence-corrected chi connectivity index (χ0v) is 11.6. The zero-order valence-electron chi connectivity index (χ0n) is 11.6. The Bertz CT molecular complexity index is 369. The van der Waals surface area contributed by atoms with Crippen LogP contribution in [0.4, 0.5) is 0 Å². The minimum atomic E-state index is -0.0832. The van der Waals surface area contributed by atoms with Crippen LogP contribution in [0.25, 0.3) is 0 Å². The number of rotatable bonds is 6. The van der Waals surface area contributed by atoms with E-state index in [2.05, 4.69) is 18.9 Å². The Morgan fingerprint density at radius 2 is 2.22 bits per heavy atom. The van der Waals surface area contributed by atoms with E-state index in [0.29, 0.717) is 19.2 Å². The lowest BCUT2D eigenvalue weighted by Crippen LogP contribution is -2.37. The molecule has 18 heavy (non-hydrogen) atoms. The van der Waals surface area contributed by atoms with Crippen LogP contribution in [0.15, 0.2) is 12.3 Å². The molecule has 1 heterocycles. The molecular formula is C14H25N3O. The topological polar surface area (TPSA) is 53.1 Å². The van der Waals surface area contributed by atoms with E-state index in [9.17, 15) is 0 Å². The summed E-state index contributed by atoms with van der Waals surface area (Å²) in [6.07, 6.45) is 7.79. The minimum Gasteiger partial charge on any atom is -0.367 e. The van der Waals surface area contributed by atoms with Gasteiger partial charge in [-0.05, 0) is 32.3 Å². The molecule has 102 valence electrons. The molecular weight excluding hydrogens is 226 g/mol. The molecule has 0 bridgehead atoms. The molecule has 1 unspecified atom stereocenters. The molecule has 0 saturated heterocycles. The van der Waals surface area contributed by atoms with Gasteiger partial charge in [0.2, 0.25) is 0 Å². The molecule has 2 N–H and O–H groups in total. The van der Waals surface area contributed by atoms with Crippen molar-refractivity contribution in [1.82, 2.24) is 9.78 Å². The van der Waals surface area contributed by atoms with Crippen LogP contribution in [-0.2, 0) is 11.3 Å². The number of ether oxygens (including phenoxy) is 1. The molecule has 1 aliphatic carbocycles. The Hall–Kier alpha value is -0.870. The van der Waals surface area contributed by atoms with Gasteiger partial charge in [-0.25, -0.2) is 0 Å². The van der Waals surface area contributed by atoms with Crippen LogP contribution in [0.3, 0.4) is 0 Å². The van der Waals surface area contributed by atoms with Gasteiger partial charge >= 0.3 is 0 Å². The highest BCUT2D eigenvalue weighted by molar-refractivity contribution is 4.99. The maximum Gasteiger partial charge on any atom is 0.0914 e. The molecule has 0 aromatic carbocycles. The average Bonchev–Trinajstić information content (AvgIpc) is 3.05. The van der Waals surface area contributed by atoms with Crippen LogP contribution in [0.1, 0.15) is 57.7 Å². The molecule has 0 aliphatic heterocycles. The van der Waals surface area contributed by atoms with E-state index in [0.717, 1.165) is 25.0 Å². The fourth-order valence-electron chi connectivity index (χ4n) is 2.54. The van der Waals surface area contributed by atoms with Crippen molar-refractivity contribution < 1.29 is 4.74 Å². The summed E-state index contributed by atoms with van der Waals surface area (Å²) in [6, 6.07) is 2.50. The van der Waals surface area contributed by atoms with Gasteiger partial charge in [0.05, 0.1) is 17.9 Å². The molecule has 1 aromatic rings. The van der Waals surface area contributed by atoms with Crippen molar-refractivity contribution in [3.8, 4) is 0 Å². The summed E-state index contributed by atoms with van der Waals surface area (Å²) in [5, 5.41) is 4.56. The van der Waals surface area contributed by atoms with Gasteiger partial charge in [-0.15, -0.1) is 0 Å². The van der Waals surface area contributed by atoms with E-state index in [1.165, 1.54) is 12.8 Å². The third-order valence-corrected chi connectivity index (χ3v) is 4.12. The average molecular weight is 251 g/mol. The lowest BCUT2D eigenvalue weighted by atomic mass is 10.0. The highest BCUT2D eigenvalue weighted by atomic mass is 16.5. The maximum atomic E-state index is 6.05. The Balaban J connectivity index is 1.91. The molecule has 1 fully saturated rings. The van der Waals surface area contributed by atoms with E-state index >= 15 is 0 Å². The molecule has 2 rings (SSSR count). The van der Waals surface area contributed by atoms with Gasteiger partial charge in [-0.1, -0.05) is 19.8 Å². The maximum absolute atomic E-state index is 6.05. The van der Waals surface area contributed by atoms with E-state index in [4.69, 9.17) is 10.5 Å². The molecule has 1 aromatic heterocycles. The number of hydrogen-bond acceptors (Lipinski definition) is 3. The number of hydrogen-bond donors (Lipinski definition) is 1.